The molecule has 2 N–H and O–H groups in total. The molecule has 4 atom stereocenters. The molecule has 1 saturated heterocycles. The van der Waals surface area contributed by atoms with E-state index in [0.29, 0.717) is 16.8 Å². The lowest BCUT2D eigenvalue weighted by Gasteiger charge is -2.48. The molecule has 3 amide bonds. The van der Waals surface area contributed by atoms with E-state index in [1.807, 2.05) is 18.2 Å². The van der Waals surface area contributed by atoms with E-state index in [1.54, 1.807) is 36.4 Å². The van der Waals surface area contributed by atoms with Gasteiger partial charge in [0.2, 0.25) is 11.8 Å². The molecule has 3 aromatic carbocycles. The van der Waals surface area contributed by atoms with E-state index in [2.05, 4.69) is 17.2 Å². The molecule has 4 unspecified atom stereocenters. The zero-order valence-corrected chi connectivity index (χ0v) is 26.0. The van der Waals surface area contributed by atoms with Crippen LogP contribution in [0.5, 0.6) is 0 Å². The number of para-hydroxylation sites is 1. The van der Waals surface area contributed by atoms with E-state index in [-0.39, 0.29) is 30.9 Å². The summed E-state index contributed by atoms with van der Waals surface area (Å²) >= 11 is 0. The fourth-order valence-electron chi connectivity index (χ4n) is 4.65. The molecule has 0 spiro atoms. The maximum Gasteiger partial charge on any atom is 0.411 e. The zero-order chi connectivity index (χ0) is 33.4. The highest BCUT2D eigenvalue weighted by Gasteiger charge is 2.56. The van der Waals surface area contributed by atoms with Crippen LogP contribution in [0.1, 0.15) is 23.6 Å². The van der Waals surface area contributed by atoms with Crippen LogP contribution in [0.4, 0.5) is 16.2 Å². The Morgan fingerprint density at radius 2 is 1.61 bits per heavy atom. The number of hydrogen-bond donors (Lipinski definition) is 2. The molecule has 3 aromatic rings. The van der Waals surface area contributed by atoms with Gasteiger partial charge in [0.15, 0.2) is 11.4 Å². The molecule has 1 aliphatic heterocycles. The molecular formula is C31H29ClN4O9S. The van der Waals surface area contributed by atoms with Crippen molar-refractivity contribution in [2.75, 3.05) is 5.32 Å². The molecule has 1 fully saturated rings. The van der Waals surface area contributed by atoms with E-state index in [9.17, 15) is 33.5 Å². The molecule has 0 aromatic heterocycles. The minimum absolute atomic E-state index is 0.0440. The lowest BCUT2D eigenvalue weighted by Crippen LogP contribution is -2.75. The highest BCUT2D eigenvalue weighted by Crippen LogP contribution is 2.31. The predicted octanol–water partition coefficient (Wildman–Crippen LogP) is 4.13. The van der Waals surface area contributed by atoms with Gasteiger partial charge in [-0.05, 0) is 58.1 Å². The number of nitrogens with zero attached hydrogens (tertiary/aromatic N) is 2. The van der Waals surface area contributed by atoms with Crippen LogP contribution < -0.4 is 10.6 Å². The lowest BCUT2D eigenvalue weighted by atomic mass is 9.99. The third-order valence-corrected chi connectivity index (χ3v) is 8.33. The average Bonchev–Trinajstić information content (AvgIpc) is 3.03. The van der Waals surface area contributed by atoms with Crippen LogP contribution in [0, 0.1) is 10.1 Å². The van der Waals surface area contributed by atoms with Gasteiger partial charge in [-0.3, -0.25) is 25.0 Å². The number of ether oxygens (including phenoxy) is 2. The Morgan fingerprint density at radius 3 is 2.24 bits per heavy atom. The van der Waals surface area contributed by atoms with Crippen LogP contribution in [0.3, 0.4) is 0 Å². The van der Waals surface area contributed by atoms with E-state index in [0.717, 1.165) is 10.5 Å². The average molecular weight is 669 g/mol. The molecule has 0 radical (unpaired) electrons. The van der Waals surface area contributed by atoms with Gasteiger partial charge in [-0.1, -0.05) is 55.1 Å². The lowest BCUT2D eigenvalue weighted by molar-refractivity contribution is -0.384. The molecule has 1 heterocycles. The number of nitro groups is 1. The first-order valence-corrected chi connectivity index (χ1v) is 15.8. The summed E-state index contributed by atoms with van der Waals surface area (Å²) in [6, 6.07) is 18.3. The van der Waals surface area contributed by atoms with E-state index < -0.39 is 56.3 Å². The van der Waals surface area contributed by atoms with Crippen LogP contribution >= 0.6 is 10.7 Å². The first kappa shape index (κ1) is 33.8. The first-order valence-electron chi connectivity index (χ1n) is 13.8. The number of hydrogen-bond acceptors (Lipinski definition) is 9. The highest BCUT2D eigenvalue weighted by molar-refractivity contribution is 8.08. The van der Waals surface area contributed by atoms with Crippen LogP contribution in [-0.2, 0) is 53.5 Å². The van der Waals surface area contributed by atoms with Gasteiger partial charge < -0.3 is 19.7 Å². The number of carbonyl (C=O) groups excluding carboxylic acids is 4. The van der Waals surface area contributed by atoms with Crippen molar-refractivity contribution in [3.63, 3.8) is 0 Å². The predicted molar refractivity (Wildman–Crippen MR) is 168 cm³/mol. The molecule has 1 aliphatic rings. The van der Waals surface area contributed by atoms with Gasteiger partial charge in [0.05, 0.1) is 11.3 Å². The van der Waals surface area contributed by atoms with E-state index in [4.69, 9.17) is 20.2 Å². The zero-order valence-electron chi connectivity index (χ0n) is 24.4. The molecule has 0 bridgehead atoms. The molecule has 4 rings (SSSR count). The molecule has 0 aliphatic carbocycles. The number of esters is 1. The summed E-state index contributed by atoms with van der Waals surface area (Å²) in [5.41, 5.74) is 2.03. The Kier molecular flexibility index (Phi) is 11.2. The van der Waals surface area contributed by atoms with Gasteiger partial charge in [0.25, 0.3) is 5.69 Å². The summed E-state index contributed by atoms with van der Waals surface area (Å²) in [6.07, 6.45) is -0.993. The maximum absolute atomic E-state index is 13.2. The summed E-state index contributed by atoms with van der Waals surface area (Å²) in [4.78, 5) is 62.9. The number of β-lactam (4-membered cyclic amide) rings is 1. The van der Waals surface area contributed by atoms with Crippen molar-refractivity contribution < 1.29 is 37.8 Å². The summed E-state index contributed by atoms with van der Waals surface area (Å²) in [6.45, 7) is 5.01. The van der Waals surface area contributed by atoms with E-state index >= 15 is 0 Å². The van der Waals surface area contributed by atoms with Crippen molar-refractivity contribution in [2.24, 2.45) is 0 Å². The molecule has 0 saturated carbocycles. The minimum Gasteiger partial charge on any atom is -0.459 e. The van der Waals surface area contributed by atoms with Crippen LogP contribution in [-0.4, -0.2) is 55.4 Å². The number of likely N-dealkylation sites (tertiary alicyclic amines) is 1. The SMILES string of the molecule is C=C(C)C(C(=O)OCc1ccc([N+](=O)[O-])cc1)N1C(=O)C(NC(=O)Cc2ccccc2NC(=O)OCc2ccccc2)C1S(=O)Cl. The third kappa shape index (κ3) is 8.34. The standard InChI is InChI=1S/C31H29ClN4O9S/c1-19(2)27(30(39)44-17-21-12-14-23(15-13-21)36(41)42)35-28(38)26(29(35)46(32)43)34-25(37)16-22-10-6-7-11-24(22)33-31(40)45-18-20-8-4-3-5-9-20/h3-15,26-27,29H,1,16-18H2,2H3,(H,33,40)(H,34,37). The summed E-state index contributed by atoms with van der Waals surface area (Å²) in [7, 11) is 3.71. The van der Waals surface area contributed by atoms with Crippen LogP contribution in [0.25, 0.3) is 0 Å². The number of anilines is 1. The van der Waals surface area contributed by atoms with Crippen molar-refractivity contribution in [3.05, 3.63) is 118 Å². The normalized spacial score (nSPS) is 16.7. The third-order valence-electron chi connectivity index (χ3n) is 6.90. The van der Waals surface area contributed by atoms with Crippen LogP contribution in [0.15, 0.2) is 91.0 Å². The first-order chi connectivity index (χ1) is 22.0. The molecule has 46 heavy (non-hydrogen) atoms. The number of nitro benzene ring substituents is 1. The van der Waals surface area contributed by atoms with Crippen molar-refractivity contribution in [1.82, 2.24) is 10.2 Å². The summed E-state index contributed by atoms with van der Waals surface area (Å²) in [5, 5.41) is 14.7. The Hall–Kier alpha value is -5.08. The monoisotopic (exact) mass is 668 g/mol. The smallest absolute Gasteiger partial charge is 0.411 e. The number of amides is 3. The highest BCUT2D eigenvalue weighted by atomic mass is 35.7. The van der Waals surface area contributed by atoms with Crippen molar-refractivity contribution in [2.45, 2.75) is 44.0 Å². The topological polar surface area (TPSA) is 174 Å². The second-order valence-electron chi connectivity index (χ2n) is 10.2. The Bertz CT molecular complexity index is 1670. The van der Waals surface area contributed by atoms with Crippen LogP contribution in [0.2, 0.25) is 0 Å². The van der Waals surface area contributed by atoms with Gasteiger partial charge in [-0.15, -0.1) is 0 Å². The minimum atomic E-state index is -2.22. The van der Waals surface area contributed by atoms with Gasteiger partial charge in [0, 0.05) is 17.8 Å². The van der Waals surface area contributed by atoms with E-state index in [1.165, 1.54) is 31.2 Å². The Labute approximate surface area is 270 Å². The van der Waals surface area contributed by atoms with Crippen molar-refractivity contribution >= 4 is 55.9 Å². The second-order valence-corrected chi connectivity index (χ2v) is 12.1. The van der Waals surface area contributed by atoms with Gasteiger partial charge in [-0.25, -0.2) is 13.8 Å². The Morgan fingerprint density at radius 1 is 1.00 bits per heavy atom. The van der Waals surface area contributed by atoms with Crippen molar-refractivity contribution in [3.8, 4) is 0 Å². The fraction of sp³-hybridized carbons (Fsp3) is 0.226. The molecule has 15 heteroatoms. The Balaban J connectivity index is 1.38. The number of carbonyl (C=O) groups is 4. The molecule has 240 valence electrons. The largest absolute Gasteiger partial charge is 0.459 e. The summed E-state index contributed by atoms with van der Waals surface area (Å²) in [5.74, 6) is -2.26. The molecule has 13 nitrogen and oxygen atoms in total. The maximum atomic E-state index is 13.2. The molecular weight excluding hydrogens is 640 g/mol. The fourth-order valence-corrected chi connectivity index (χ4v) is 6.02. The number of nitrogens with one attached hydrogen (secondary N) is 2. The second kappa shape index (κ2) is 15.3. The number of rotatable bonds is 13. The number of halogens is 1. The van der Waals surface area contributed by atoms with Gasteiger partial charge >= 0.3 is 12.1 Å². The number of benzene rings is 3. The van der Waals surface area contributed by atoms with Gasteiger partial charge in [-0.2, -0.15) is 0 Å². The van der Waals surface area contributed by atoms with Gasteiger partial charge in [0.1, 0.15) is 29.3 Å². The number of non-ortho nitro benzene ring substituents is 1. The summed E-state index contributed by atoms with van der Waals surface area (Å²) < 4.78 is 23.1. The quantitative estimate of drug-likeness (QED) is 0.0678. The van der Waals surface area contributed by atoms with Crippen molar-refractivity contribution in [1.29, 1.82) is 0 Å².